The van der Waals surface area contributed by atoms with Crippen LogP contribution >= 0.6 is 0 Å². The number of nitrogens with one attached hydrogen (secondary N) is 1. The lowest BCUT2D eigenvalue weighted by Gasteiger charge is -2.08. The lowest BCUT2D eigenvalue weighted by Crippen LogP contribution is -2.41. The third kappa shape index (κ3) is 3.04. The fourth-order valence-electron chi connectivity index (χ4n) is 1.00. The standard InChI is InChI=1S/C10H14N2O3S/c1-7-3-5-9(6-4-7)16(14,15)12-10(13)8(2)11/h3-6,8H,11H2,1-2H3,(H,12,13)/t8-/m1/s1. The molecule has 0 aliphatic carbocycles. The van der Waals surface area contributed by atoms with Crippen LogP contribution in [0, 0.1) is 6.92 Å². The van der Waals surface area contributed by atoms with Crippen LogP contribution in [-0.2, 0) is 14.8 Å². The summed E-state index contributed by atoms with van der Waals surface area (Å²) in [5.41, 5.74) is 6.21. The number of hydrogen-bond acceptors (Lipinski definition) is 4. The van der Waals surface area contributed by atoms with Crippen LogP contribution in [0.15, 0.2) is 29.2 Å². The molecule has 16 heavy (non-hydrogen) atoms. The molecule has 88 valence electrons. The van der Waals surface area contributed by atoms with E-state index in [1.54, 1.807) is 12.1 Å². The summed E-state index contributed by atoms with van der Waals surface area (Å²) in [6.45, 7) is 3.26. The van der Waals surface area contributed by atoms with Crippen molar-refractivity contribution < 1.29 is 13.2 Å². The largest absolute Gasteiger partial charge is 0.320 e. The van der Waals surface area contributed by atoms with E-state index in [0.717, 1.165) is 5.56 Å². The van der Waals surface area contributed by atoms with Gasteiger partial charge in [0.1, 0.15) is 0 Å². The Labute approximate surface area is 94.7 Å². The summed E-state index contributed by atoms with van der Waals surface area (Å²) in [4.78, 5) is 11.2. The van der Waals surface area contributed by atoms with Crippen molar-refractivity contribution >= 4 is 15.9 Å². The van der Waals surface area contributed by atoms with Crippen molar-refractivity contribution in [3.63, 3.8) is 0 Å². The first-order valence-electron chi connectivity index (χ1n) is 4.72. The molecule has 0 heterocycles. The number of benzene rings is 1. The van der Waals surface area contributed by atoms with Crippen molar-refractivity contribution in [1.29, 1.82) is 0 Å². The molecule has 0 spiro atoms. The average Bonchev–Trinajstić information content (AvgIpc) is 2.17. The molecule has 0 saturated carbocycles. The first kappa shape index (κ1) is 12.7. The van der Waals surface area contributed by atoms with Gasteiger partial charge in [0.25, 0.3) is 10.0 Å². The topological polar surface area (TPSA) is 89.3 Å². The lowest BCUT2D eigenvalue weighted by molar-refractivity contribution is -0.120. The smallest absolute Gasteiger partial charge is 0.264 e. The van der Waals surface area contributed by atoms with Crippen LogP contribution in [0.1, 0.15) is 12.5 Å². The highest BCUT2D eigenvalue weighted by atomic mass is 32.2. The van der Waals surface area contributed by atoms with Gasteiger partial charge in [0.2, 0.25) is 5.91 Å². The van der Waals surface area contributed by atoms with E-state index in [-0.39, 0.29) is 4.90 Å². The molecule has 0 aliphatic heterocycles. The number of aryl methyl sites for hydroxylation is 1. The van der Waals surface area contributed by atoms with Crippen LogP contribution in [-0.4, -0.2) is 20.4 Å². The van der Waals surface area contributed by atoms with Gasteiger partial charge < -0.3 is 5.73 Å². The molecule has 0 aromatic heterocycles. The summed E-state index contributed by atoms with van der Waals surface area (Å²) >= 11 is 0. The summed E-state index contributed by atoms with van der Waals surface area (Å²) in [5.74, 6) is -0.722. The highest BCUT2D eigenvalue weighted by Gasteiger charge is 2.19. The summed E-state index contributed by atoms with van der Waals surface area (Å²) in [7, 11) is -3.80. The fourth-order valence-corrected chi connectivity index (χ4v) is 2.06. The van der Waals surface area contributed by atoms with E-state index >= 15 is 0 Å². The van der Waals surface area contributed by atoms with Gasteiger partial charge >= 0.3 is 0 Å². The normalized spacial score (nSPS) is 13.2. The van der Waals surface area contributed by atoms with Gasteiger partial charge in [-0.15, -0.1) is 0 Å². The number of rotatable bonds is 3. The summed E-state index contributed by atoms with van der Waals surface area (Å²) in [6.07, 6.45) is 0. The van der Waals surface area contributed by atoms with E-state index in [0.29, 0.717) is 0 Å². The second-order valence-corrected chi connectivity index (χ2v) is 5.25. The van der Waals surface area contributed by atoms with Gasteiger partial charge in [-0.2, -0.15) is 0 Å². The number of amides is 1. The molecule has 6 heteroatoms. The molecule has 0 bridgehead atoms. The van der Waals surface area contributed by atoms with Gasteiger partial charge in [-0.05, 0) is 26.0 Å². The van der Waals surface area contributed by atoms with E-state index in [1.165, 1.54) is 19.1 Å². The van der Waals surface area contributed by atoms with Gasteiger partial charge in [0, 0.05) is 0 Å². The van der Waals surface area contributed by atoms with Gasteiger partial charge in [0.05, 0.1) is 10.9 Å². The van der Waals surface area contributed by atoms with E-state index in [2.05, 4.69) is 0 Å². The summed E-state index contributed by atoms with van der Waals surface area (Å²) in [5, 5.41) is 0. The second-order valence-electron chi connectivity index (χ2n) is 3.57. The number of sulfonamides is 1. The average molecular weight is 242 g/mol. The van der Waals surface area contributed by atoms with Crippen molar-refractivity contribution in [3.05, 3.63) is 29.8 Å². The van der Waals surface area contributed by atoms with Gasteiger partial charge in [0.15, 0.2) is 0 Å². The molecule has 1 atom stereocenters. The Hall–Kier alpha value is -1.40. The molecular weight excluding hydrogens is 228 g/mol. The third-order valence-electron chi connectivity index (χ3n) is 1.98. The maximum atomic E-state index is 11.7. The lowest BCUT2D eigenvalue weighted by atomic mass is 10.2. The van der Waals surface area contributed by atoms with Crippen LogP contribution in [0.3, 0.4) is 0 Å². The van der Waals surface area contributed by atoms with E-state index in [9.17, 15) is 13.2 Å². The molecule has 0 fully saturated rings. The molecule has 0 unspecified atom stereocenters. The molecule has 0 saturated heterocycles. The Balaban J connectivity index is 2.95. The third-order valence-corrected chi connectivity index (χ3v) is 3.34. The minimum atomic E-state index is -3.80. The van der Waals surface area contributed by atoms with Crippen molar-refractivity contribution in [2.75, 3.05) is 0 Å². The van der Waals surface area contributed by atoms with E-state index in [1.807, 2.05) is 11.6 Å². The van der Waals surface area contributed by atoms with Crippen LogP contribution in [0.25, 0.3) is 0 Å². The van der Waals surface area contributed by atoms with Gasteiger partial charge in [-0.1, -0.05) is 17.7 Å². The van der Waals surface area contributed by atoms with E-state index in [4.69, 9.17) is 5.73 Å². The molecule has 0 radical (unpaired) electrons. The number of hydrogen-bond donors (Lipinski definition) is 2. The fraction of sp³-hybridized carbons (Fsp3) is 0.300. The van der Waals surface area contributed by atoms with Crippen molar-refractivity contribution in [2.45, 2.75) is 24.8 Å². The second kappa shape index (κ2) is 4.63. The van der Waals surface area contributed by atoms with Crippen LogP contribution in [0.2, 0.25) is 0 Å². The molecule has 3 N–H and O–H groups in total. The predicted octanol–water partition coefficient (Wildman–Crippen LogP) is 0.147. The van der Waals surface area contributed by atoms with Gasteiger partial charge in [-0.3, -0.25) is 4.79 Å². The maximum Gasteiger partial charge on any atom is 0.264 e. The zero-order valence-corrected chi connectivity index (χ0v) is 9.91. The SMILES string of the molecule is Cc1ccc(S(=O)(=O)NC(=O)[C@@H](C)N)cc1. The summed E-state index contributed by atoms with van der Waals surface area (Å²) in [6, 6.07) is 5.33. The monoisotopic (exact) mass is 242 g/mol. The number of carbonyl (C=O) groups excluding carboxylic acids is 1. The predicted molar refractivity (Wildman–Crippen MR) is 60.2 cm³/mol. The highest BCUT2D eigenvalue weighted by Crippen LogP contribution is 2.09. The highest BCUT2D eigenvalue weighted by molar-refractivity contribution is 7.90. The Morgan fingerprint density at radius 3 is 2.25 bits per heavy atom. The Morgan fingerprint density at radius 1 is 1.31 bits per heavy atom. The van der Waals surface area contributed by atoms with Crippen LogP contribution in [0.4, 0.5) is 0 Å². The maximum absolute atomic E-state index is 11.7. The van der Waals surface area contributed by atoms with Gasteiger partial charge in [-0.25, -0.2) is 13.1 Å². The van der Waals surface area contributed by atoms with Crippen LogP contribution < -0.4 is 10.5 Å². The zero-order chi connectivity index (χ0) is 12.3. The van der Waals surface area contributed by atoms with Crippen molar-refractivity contribution in [1.82, 2.24) is 4.72 Å². The number of nitrogens with two attached hydrogens (primary N) is 1. The molecule has 1 amide bonds. The minimum Gasteiger partial charge on any atom is -0.320 e. The minimum absolute atomic E-state index is 0.0482. The Bertz CT molecular complexity index is 477. The Morgan fingerprint density at radius 2 is 1.81 bits per heavy atom. The number of carbonyl (C=O) groups is 1. The molecule has 1 aromatic carbocycles. The van der Waals surface area contributed by atoms with E-state index < -0.39 is 22.0 Å². The molecule has 5 nitrogen and oxygen atoms in total. The molecule has 1 rings (SSSR count). The molecule has 1 aromatic rings. The Kier molecular flexibility index (Phi) is 3.66. The van der Waals surface area contributed by atoms with Crippen molar-refractivity contribution in [3.8, 4) is 0 Å². The first-order chi connectivity index (χ1) is 7.33. The first-order valence-corrected chi connectivity index (χ1v) is 6.20. The van der Waals surface area contributed by atoms with Crippen LogP contribution in [0.5, 0.6) is 0 Å². The zero-order valence-electron chi connectivity index (χ0n) is 9.10. The molecular formula is C10H14N2O3S. The summed E-state index contributed by atoms with van der Waals surface area (Å²) < 4.78 is 25.2. The van der Waals surface area contributed by atoms with Crippen molar-refractivity contribution in [2.24, 2.45) is 5.73 Å². The quantitative estimate of drug-likeness (QED) is 0.789. The molecule has 0 aliphatic rings.